The van der Waals surface area contributed by atoms with E-state index < -0.39 is 6.23 Å². The Morgan fingerprint density at radius 3 is 2.80 bits per heavy atom. The molecular formula is C15H19N3O2. The summed E-state index contributed by atoms with van der Waals surface area (Å²) in [5.41, 5.74) is 0.911. The maximum atomic E-state index is 10.9. The minimum Gasteiger partial charge on any atom is -0.354 e. The van der Waals surface area contributed by atoms with Crippen molar-refractivity contribution in [1.29, 1.82) is 5.26 Å². The van der Waals surface area contributed by atoms with Gasteiger partial charge in [-0.25, -0.2) is 0 Å². The van der Waals surface area contributed by atoms with Crippen LogP contribution in [0.1, 0.15) is 24.6 Å². The van der Waals surface area contributed by atoms with Crippen LogP contribution in [0.2, 0.25) is 0 Å². The standard InChI is InChI=1S/C15H19N3O2/c1-2-14(19)17-10-6-7-11-20-15(18-12-16)13-8-4-3-5-9-13/h2-5,8-9,15,18H,1,6-7,10-11H2,(H,17,19). The molecule has 0 spiro atoms. The number of nitrogens with one attached hydrogen (secondary N) is 2. The van der Waals surface area contributed by atoms with Crippen molar-refractivity contribution in [2.45, 2.75) is 19.1 Å². The molecule has 1 amide bonds. The number of amides is 1. The predicted molar refractivity (Wildman–Crippen MR) is 76.3 cm³/mol. The number of nitriles is 1. The quantitative estimate of drug-likeness (QED) is 0.237. The first kappa shape index (κ1) is 15.7. The van der Waals surface area contributed by atoms with Gasteiger partial charge in [-0.1, -0.05) is 36.9 Å². The Hall–Kier alpha value is -2.32. The minimum absolute atomic E-state index is 0.167. The SMILES string of the molecule is C=CC(=O)NCCCCOC(NC#N)c1ccccc1. The number of carbonyl (C=O) groups is 1. The minimum atomic E-state index is -0.427. The lowest BCUT2D eigenvalue weighted by atomic mass is 10.2. The fourth-order valence-electron chi connectivity index (χ4n) is 1.62. The topological polar surface area (TPSA) is 74.2 Å². The van der Waals surface area contributed by atoms with Gasteiger partial charge in [0.15, 0.2) is 12.4 Å². The molecule has 1 aromatic carbocycles. The fraction of sp³-hybridized carbons (Fsp3) is 0.333. The second-order valence-electron chi connectivity index (χ2n) is 4.12. The molecule has 0 aliphatic heterocycles. The Labute approximate surface area is 119 Å². The Bertz CT molecular complexity index is 454. The van der Waals surface area contributed by atoms with Crippen molar-refractivity contribution in [3.05, 3.63) is 48.6 Å². The van der Waals surface area contributed by atoms with Gasteiger partial charge in [-0.2, -0.15) is 5.26 Å². The van der Waals surface area contributed by atoms with Crippen molar-refractivity contribution in [2.75, 3.05) is 13.2 Å². The molecule has 0 aromatic heterocycles. The van der Waals surface area contributed by atoms with Gasteiger partial charge >= 0.3 is 0 Å². The van der Waals surface area contributed by atoms with Crippen molar-refractivity contribution in [3.8, 4) is 6.19 Å². The average molecular weight is 273 g/mol. The lowest BCUT2D eigenvalue weighted by molar-refractivity contribution is -0.116. The number of carbonyl (C=O) groups excluding carboxylic acids is 1. The van der Waals surface area contributed by atoms with E-state index in [4.69, 9.17) is 10.00 Å². The molecule has 5 heteroatoms. The second kappa shape index (κ2) is 9.59. The zero-order chi connectivity index (χ0) is 14.6. The summed E-state index contributed by atoms with van der Waals surface area (Å²) in [7, 11) is 0. The molecule has 0 saturated carbocycles. The summed E-state index contributed by atoms with van der Waals surface area (Å²) in [5.74, 6) is -0.167. The number of rotatable bonds is 9. The van der Waals surface area contributed by atoms with Gasteiger partial charge in [-0.3, -0.25) is 10.1 Å². The summed E-state index contributed by atoms with van der Waals surface area (Å²) < 4.78 is 5.64. The normalized spacial score (nSPS) is 11.2. The molecule has 1 atom stereocenters. The molecule has 0 aliphatic rings. The number of benzene rings is 1. The van der Waals surface area contributed by atoms with E-state index in [1.54, 1.807) is 0 Å². The summed E-state index contributed by atoms with van der Waals surface area (Å²) in [6.07, 6.45) is 4.33. The van der Waals surface area contributed by atoms with E-state index in [1.807, 2.05) is 36.5 Å². The molecule has 0 bridgehead atoms. The predicted octanol–water partition coefficient (Wildman–Crippen LogP) is 1.85. The van der Waals surface area contributed by atoms with Gasteiger partial charge in [0.25, 0.3) is 0 Å². The lowest BCUT2D eigenvalue weighted by Crippen LogP contribution is -2.23. The van der Waals surface area contributed by atoms with Crippen LogP contribution in [0.3, 0.4) is 0 Å². The van der Waals surface area contributed by atoms with Crippen LogP contribution in [0, 0.1) is 11.5 Å². The van der Waals surface area contributed by atoms with Gasteiger partial charge in [0, 0.05) is 18.7 Å². The van der Waals surface area contributed by atoms with Crippen LogP contribution in [0.25, 0.3) is 0 Å². The molecule has 0 radical (unpaired) electrons. The number of nitrogens with zero attached hydrogens (tertiary/aromatic N) is 1. The van der Waals surface area contributed by atoms with Crippen LogP contribution >= 0.6 is 0 Å². The monoisotopic (exact) mass is 273 g/mol. The fourth-order valence-corrected chi connectivity index (χ4v) is 1.62. The highest BCUT2D eigenvalue weighted by atomic mass is 16.5. The zero-order valence-corrected chi connectivity index (χ0v) is 11.3. The Morgan fingerprint density at radius 1 is 1.40 bits per heavy atom. The summed E-state index contributed by atoms with van der Waals surface area (Å²) in [5, 5.41) is 14.0. The number of unbranched alkanes of at least 4 members (excludes halogenated alkanes) is 1. The Morgan fingerprint density at radius 2 is 2.15 bits per heavy atom. The molecule has 0 saturated heterocycles. The van der Waals surface area contributed by atoms with Crippen LogP contribution in [0.5, 0.6) is 0 Å². The molecule has 106 valence electrons. The summed E-state index contributed by atoms with van der Waals surface area (Å²) >= 11 is 0. The van der Waals surface area contributed by atoms with Crippen LogP contribution in [-0.2, 0) is 9.53 Å². The van der Waals surface area contributed by atoms with Crippen LogP contribution < -0.4 is 10.6 Å². The van der Waals surface area contributed by atoms with Crippen molar-refractivity contribution in [2.24, 2.45) is 0 Å². The molecule has 1 unspecified atom stereocenters. The Kier molecular flexibility index (Phi) is 7.55. The van der Waals surface area contributed by atoms with E-state index in [-0.39, 0.29) is 5.91 Å². The van der Waals surface area contributed by atoms with Crippen molar-refractivity contribution < 1.29 is 9.53 Å². The largest absolute Gasteiger partial charge is 0.354 e. The third-order valence-corrected chi connectivity index (χ3v) is 2.64. The highest BCUT2D eigenvalue weighted by Gasteiger charge is 2.09. The smallest absolute Gasteiger partial charge is 0.243 e. The highest BCUT2D eigenvalue weighted by Crippen LogP contribution is 2.13. The van der Waals surface area contributed by atoms with Gasteiger partial charge in [0.1, 0.15) is 0 Å². The van der Waals surface area contributed by atoms with Gasteiger partial charge in [0.05, 0.1) is 0 Å². The third-order valence-electron chi connectivity index (χ3n) is 2.64. The third kappa shape index (κ3) is 6.03. The molecule has 2 N–H and O–H groups in total. The van der Waals surface area contributed by atoms with Crippen molar-refractivity contribution in [1.82, 2.24) is 10.6 Å². The summed E-state index contributed by atoms with van der Waals surface area (Å²) in [6, 6.07) is 9.51. The van der Waals surface area contributed by atoms with Crippen molar-refractivity contribution in [3.63, 3.8) is 0 Å². The lowest BCUT2D eigenvalue weighted by Gasteiger charge is -2.16. The van der Waals surface area contributed by atoms with Gasteiger partial charge in [-0.05, 0) is 18.9 Å². The van der Waals surface area contributed by atoms with E-state index in [9.17, 15) is 4.79 Å². The molecule has 0 heterocycles. The molecular weight excluding hydrogens is 254 g/mol. The van der Waals surface area contributed by atoms with Crippen molar-refractivity contribution >= 4 is 5.91 Å². The van der Waals surface area contributed by atoms with Crippen LogP contribution in [0.15, 0.2) is 43.0 Å². The van der Waals surface area contributed by atoms with Crippen LogP contribution in [0.4, 0.5) is 0 Å². The van der Waals surface area contributed by atoms with E-state index >= 15 is 0 Å². The Balaban J connectivity index is 2.25. The highest BCUT2D eigenvalue weighted by molar-refractivity contribution is 5.86. The van der Waals surface area contributed by atoms with Gasteiger partial charge in [0.2, 0.25) is 5.91 Å². The van der Waals surface area contributed by atoms with E-state index in [2.05, 4.69) is 17.2 Å². The first-order valence-electron chi connectivity index (χ1n) is 6.49. The zero-order valence-electron chi connectivity index (χ0n) is 11.3. The van der Waals surface area contributed by atoms with E-state index in [1.165, 1.54) is 6.08 Å². The first-order chi connectivity index (χ1) is 9.77. The molecule has 20 heavy (non-hydrogen) atoms. The van der Waals surface area contributed by atoms with Crippen LogP contribution in [-0.4, -0.2) is 19.1 Å². The number of hydrogen-bond donors (Lipinski definition) is 2. The molecule has 1 rings (SSSR count). The van der Waals surface area contributed by atoms with Gasteiger partial charge < -0.3 is 10.1 Å². The average Bonchev–Trinajstić information content (AvgIpc) is 2.50. The number of hydrogen-bond acceptors (Lipinski definition) is 4. The molecule has 5 nitrogen and oxygen atoms in total. The summed E-state index contributed by atoms with van der Waals surface area (Å²) in [6.45, 7) is 4.48. The first-order valence-corrected chi connectivity index (χ1v) is 6.49. The maximum Gasteiger partial charge on any atom is 0.243 e. The molecule has 0 aliphatic carbocycles. The van der Waals surface area contributed by atoms with E-state index in [0.29, 0.717) is 13.2 Å². The van der Waals surface area contributed by atoms with E-state index in [0.717, 1.165) is 18.4 Å². The van der Waals surface area contributed by atoms with Gasteiger partial charge in [-0.15, -0.1) is 0 Å². The molecule has 1 aromatic rings. The molecule has 0 fully saturated rings. The second-order valence-corrected chi connectivity index (χ2v) is 4.12. The number of ether oxygens (including phenoxy) is 1. The summed E-state index contributed by atoms with van der Waals surface area (Å²) in [4.78, 5) is 10.9. The maximum absolute atomic E-state index is 10.9.